The van der Waals surface area contributed by atoms with Gasteiger partial charge in [0.1, 0.15) is 44.2 Å². The number of rotatable bonds is 8. The molecule has 3 rings (SSSR count). The molecule has 0 atom stereocenters. The minimum Gasteiger partial charge on any atom is -0.497 e. The molecule has 0 aromatic heterocycles. The number of piperazine rings is 1. The summed E-state index contributed by atoms with van der Waals surface area (Å²) in [4.78, 5) is 15.3. The molecule has 2 aromatic carbocycles. The van der Waals surface area contributed by atoms with Gasteiger partial charge in [0.15, 0.2) is 6.54 Å². The normalized spacial score (nSPS) is 18.9. The average Bonchev–Trinajstić information content (AvgIpc) is 2.74. The first-order chi connectivity index (χ1) is 14.1. The van der Waals surface area contributed by atoms with Crippen molar-refractivity contribution in [3.8, 4) is 11.5 Å². The molecule has 156 valence electrons. The summed E-state index contributed by atoms with van der Waals surface area (Å²) in [7, 11) is 3.38. The van der Waals surface area contributed by atoms with E-state index in [4.69, 9.17) is 9.47 Å². The van der Waals surface area contributed by atoms with Crippen molar-refractivity contribution >= 4 is 5.91 Å². The molecule has 1 aliphatic heterocycles. The zero-order valence-electron chi connectivity index (χ0n) is 17.7. The molecular weight excluding hydrogens is 366 g/mol. The van der Waals surface area contributed by atoms with Gasteiger partial charge in [0.05, 0.1) is 14.2 Å². The van der Waals surface area contributed by atoms with E-state index in [1.807, 2.05) is 24.3 Å². The van der Waals surface area contributed by atoms with E-state index in [9.17, 15) is 4.79 Å². The first-order valence-electron chi connectivity index (χ1n) is 10.3. The molecule has 29 heavy (non-hydrogen) atoms. The summed E-state index contributed by atoms with van der Waals surface area (Å²) in [5, 5.41) is 3.03. The van der Waals surface area contributed by atoms with Gasteiger partial charge in [-0.1, -0.05) is 23.8 Å². The fourth-order valence-electron chi connectivity index (χ4n) is 3.90. The standard InChI is InChI=1S/C23H31N3O3/c1-18-7-8-22(29-3)20(13-18)16-25-9-11-26(12-10-25)17-23(27)24-15-19-5-4-6-21(14-19)28-2/h4-8,13-14H,9-12,15-17H2,1-3H3,(H,24,27)/p+2. The second-order valence-electron chi connectivity index (χ2n) is 7.80. The Morgan fingerprint density at radius 1 is 1.00 bits per heavy atom. The van der Waals surface area contributed by atoms with Crippen molar-refractivity contribution in [1.82, 2.24) is 5.32 Å². The van der Waals surface area contributed by atoms with Gasteiger partial charge >= 0.3 is 0 Å². The number of hydrogen-bond acceptors (Lipinski definition) is 3. The minimum absolute atomic E-state index is 0.103. The monoisotopic (exact) mass is 399 g/mol. The highest BCUT2D eigenvalue weighted by molar-refractivity contribution is 5.76. The second-order valence-corrected chi connectivity index (χ2v) is 7.80. The number of methoxy groups -OCH3 is 2. The maximum Gasteiger partial charge on any atom is 0.275 e. The lowest BCUT2D eigenvalue weighted by molar-refractivity contribution is -1.02. The molecule has 2 aromatic rings. The zero-order valence-corrected chi connectivity index (χ0v) is 17.7. The van der Waals surface area contributed by atoms with Gasteiger partial charge in [-0.15, -0.1) is 0 Å². The lowest BCUT2D eigenvalue weighted by Gasteiger charge is -2.29. The van der Waals surface area contributed by atoms with Gasteiger partial charge in [0.2, 0.25) is 0 Å². The van der Waals surface area contributed by atoms with E-state index in [2.05, 4.69) is 30.4 Å². The van der Waals surface area contributed by atoms with Gasteiger partial charge in [0.25, 0.3) is 5.91 Å². The first kappa shape index (κ1) is 21.1. The highest BCUT2D eigenvalue weighted by Crippen LogP contribution is 2.18. The Morgan fingerprint density at radius 2 is 1.76 bits per heavy atom. The molecule has 0 unspecified atom stereocenters. The number of aryl methyl sites for hydroxylation is 1. The molecule has 1 amide bonds. The summed E-state index contributed by atoms with van der Waals surface area (Å²) in [6.07, 6.45) is 0. The Labute approximate surface area is 173 Å². The zero-order chi connectivity index (χ0) is 20.6. The Kier molecular flexibility index (Phi) is 7.49. The molecule has 6 heteroatoms. The summed E-state index contributed by atoms with van der Waals surface area (Å²) >= 11 is 0. The van der Waals surface area contributed by atoms with E-state index in [1.165, 1.54) is 16.0 Å². The molecule has 1 aliphatic rings. The minimum atomic E-state index is 0.103. The lowest BCUT2D eigenvalue weighted by atomic mass is 10.1. The topological polar surface area (TPSA) is 56.4 Å². The van der Waals surface area contributed by atoms with Gasteiger partial charge in [-0.05, 0) is 36.8 Å². The van der Waals surface area contributed by atoms with E-state index in [-0.39, 0.29) is 5.91 Å². The molecule has 1 fully saturated rings. The fourth-order valence-corrected chi connectivity index (χ4v) is 3.90. The van der Waals surface area contributed by atoms with Crippen LogP contribution < -0.4 is 24.6 Å². The highest BCUT2D eigenvalue weighted by atomic mass is 16.5. The van der Waals surface area contributed by atoms with Gasteiger partial charge in [-0.3, -0.25) is 4.79 Å². The molecule has 1 heterocycles. The van der Waals surface area contributed by atoms with Crippen LogP contribution in [0.3, 0.4) is 0 Å². The molecule has 0 spiro atoms. The van der Waals surface area contributed by atoms with Gasteiger partial charge in [-0.2, -0.15) is 0 Å². The van der Waals surface area contributed by atoms with Crippen molar-refractivity contribution in [1.29, 1.82) is 0 Å². The largest absolute Gasteiger partial charge is 0.497 e. The molecule has 0 radical (unpaired) electrons. The highest BCUT2D eigenvalue weighted by Gasteiger charge is 2.25. The quantitative estimate of drug-likeness (QED) is 0.567. The molecule has 0 bridgehead atoms. The maximum atomic E-state index is 12.3. The van der Waals surface area contributed by atoms with Crippen molar-refractivity contribution in [3.05, 3.63) is 59.2 Å². The molecule has 3 N–H and O–H groups in total. The Bertz CT molecular complexity index is 817. The van der Waals surface area contributed by atoms with Crippen LogP contribution in [0.1, 0.15) is 16.7 Å². The second kappa shape index (κ2) is 10.3. The van der Waals surface area contributed by atoms with E-state index in [1.54, 1.807) is 19.1 Å². The number of carbonyl (C=O) groups excluding carboxylic acids is 1. The first-order valence-corrected chi connectivity index (χ1v) is 10.3. The van der Waals surface area contributed by atoms with Crippen molar-refractivity contribution in [3.63, 3.8) is 0 Å². The van der Waals surface area contributed by atoms with Crippen molar-refractivity contribution in [2.75, 3.05) is 46.9 Å². The van der Waals surface area contributed by atoms with E-state index in [0.29, 0.717) is 13.1 Å². The number of amides is 1. The van der Waals surface area contributed by atoms with Crippen LogP contribution in [0, 0.1) is 6.92 Å². The number of benzene rings is 2. The SMILES string of the molecule is COc1cccc(CNC(=O)C[NH+]2CC[NH+](Cc3cc(C)ccc3OC)CC2)c1. The number of ether oxygens (including phenoxy) is 2. The number of nitrogens with one attached hydrogen (secondary N) is 3. The third-order valence-corrected chi connectivity index (χ3v) is 5.57. The fraction of sp³-hybridized carbons (Fsp3) is 0.435. The molecular formula is C23H33N3O3+2. The Morgan fingerprint density at radius 3 is 2.48 bits per heavy atom. The summed E-state index contributed by atoms with van der Waals surface area (Å²) in [5.41, 5.74) is 3.58. The molecule has 6 nitrogen and oxygen atoms in total. The third-order valence-electron chi connectivity index (χ3n) is 5.57. The summed E-state index contributed by atoms with van der Waals surface area (Å²) in [6.45, 7) is 8.31. The number of carbonyl (C=O) groups is 1. The van der Waals surface area contributed by atoms with Crippen molar-refractivity contribution in [2.24, 2.45) is 0 Å². The van der Waals surface area contributed by atoms with Crippen LogP contribution in [-0.2, 0) is 17.9 Å². The third kappa shape index (κ3) is 6.21. The van der Waals surface area contributed by atoms with Crippen molar-refractivity contribution < 1.29 is 24.1 Å². The van der Waals surface area contributed by atoms with Crippen LogP contribution in [0.4, 0.5) is 0 Å². The number of hydrogen-bond donors (Lipinski definition) is 3. The predicted molar refractivity (Wildman–Crippen MR) is 113 cm³/mol. The van der Waals surface area contributed by atoms with Crippen molar-refractivity contribution in [2.45, 2.75) is 20.0 Å². The molecule has 0 saturated carbocycles. The van der Waals surface area contributed by atoms with Crippen LogP contribution in [-0.4, -0.2) is 52.9 Å². The molecule has 0 aliphatic carbocycles. The number of quaternary nitrogens is 2. The van der Waals surface area contributed by atoms with E-state index < -0.39 is 0 Å². The van der Waals surface area contributed by atoms with Gasteiger partial charge in [-0.25, -0.2) is 0 Å². The van der Waals surface area contributed by atoms with Crippen LogP contribution in [0.25, 0.3) is 0 Å². The van der Waals surface area contributed by atoms with Crippen LogP contribution >= 0.6 is 0 Å². The Balaban J connectivity index is 1.42. The van der Waals surface area contributed by atoms with Crippen LogP contribution in [0.2, 0.25) is 0 Å². The van der Waals surface area contributed by atoms with Gasteiger partial charge in [0, 0.05) is 12.1 Å². The smallest absolute Gasteiger partial charge is 0.275 e. The molecule has 1 saturated heterocycles. The summed E-state index contributed by atoms with van der Waals surface area (Å²) in [5.74, 6) is 1.88. The van der Waals surface area contributed by atoms with Crippen LogP contribution in [0.15, 0.2) is 42.5 Å². The lowest BCUT2D eigenvalue weighted by Crippen LogP contribution is -3.28. The average molecular weight is 400 g/mol. The van der Waals surface area contributed by atoms with E-state index >= 15 is 0 Å². The van der Waals surface area contributed by atoms with E-state index in [0.717, 1.165) is 49.8 Å². The maximum absolute atomic E-state index is 12.3. The van der Waals surface area contributed by atoms with Gasteiger partial charge < -0.3 is 24.6 Å². The Hall–Kier alpha value is -2.57. The summed E-state index contributed by atoms with van der Waals surface area (Å²) < 4.78 is 10.7. The van der Waals surface area contributed by atoms with Crippen LogP contribution in [0.5, 0.6) is 11.5 Å². The predicted octanol–water partition coefficient (Wildman–Crippen LogP) is -0.388. The summed E-state index contributed by atoms with van der Waals surface area (Å²) in [6, 6.07) is 14.2.